The summed E-state index contributed by atoms with van der Waals surface area (Å²) in [5.74, 6) is 1.03. The van der Waals surface area contributed by atoms with E-state index in [1.54, 1.807) is 0 Å². The third kappa shape index (κ3) is 3.24. The molecule has 1 aromatic rings. The van der Waals surface area contributed by atoms with E-state index in [0.29, 0.717) is 0 Å². The van der Waals surface area contributed by atoms with Crippen LogP contribution in [0.1, 0.15) is 25.8 Å². The molecule has 1 aliphatic rings. The summed E-state index contributed by atoms with van der Waals surface area (Å²) in [6, 6.07) is 8.57. The van der Waals surface area contributed by atoms with Gasteiger partial charge in [0.25, 0.3) is 0 Å². The topological polar surface area (TPSA) is 30.5 Å². The summed E-state index contributed by atoms with van der Waals surface area (Å²) in [5, 5.41) is 3.53. The maximum atomic E-state index is 6.02. The number of rotatable bonds is 7. The molecule has 0 saturated heterocycles. The highest BCUT2D eigenvalue weighted by atomic mass is 16.5. The van der Waals surface area contributed by atoms with Gasteiger partial charge in [0.1, 0.15) is 11.9 Å². The molecule has 3 nitrogen and oxygen atoms in total. The Kier molecular flexibility index (Phi) is 5.02. The lowest BCUT2D eigenvalue weighted by Crippen LogP contribution is -2.46. The van der Waals surface area contributed by atoms with Gasteiger partial charge in [-0.25, -0.2) is 0 Å². The Morgan fingerprint density at radius 3 is 2.94 bits per heavy atom. The van der Waals surface area contributed by atoms with Gasteiger partial charge in [-0.3, -0.25) is 0 Å². The van der Waals surface area contributed by atoms with Crippen molar-refractivity contribution in [2.75, 3.05) is 19.8 Å². The molecule has 1 heterocycles. The molecule has 1 aromatic carbocycles. The van der Waals surface area contributed by atoms with Crippen LogP contribution in [0, 0.1) is 0 Å². The number of hydrogen-bond donors (Lipinski definition) is 1. The van der Waals surface area contributed by atoms with Crippen LogP contribution in [-0.4, -0.2) is 31.9 Å². The van der Waals surface area contributed by atoms with Crippen molar-refractivity contribution in [1.82, 2.24) is 5.32 Å². The lowest BCUT2D eigenvalue weighted by Gasteiger charge is -2.24. The number of hydrogen-bond acceptors (Lipinski definition) is 3. The lowest BCUT2D eigenvalue weighted by atomic mass is 10.0. The first-order valence-corrected chi connectivity index (χ1v) is 6.90. The predicted octanol–water partition coefficient (Wildman–Crippen LogP) is 2.39. The molecule has 0 fully saturated rings. The largest absolute Gasteiger partial charge is 0.488 e. The number of fused-ring (bicyclic) bond motifs is 1. The molecule has 0 bridgehead atoms. The molecular formula is C15H23NO2. The third-order valence-electron chi connectivity index (χ3n) is 3.28. The van der Waals surface area contributed by atoms with Gasteiger partial charge in [-0.2, -0.15) is 0 Å². The van der Waals surface area contributed by atoms with Crippen LogP contribution >= 0.6 is 0 Å². The Balaban J connectivity index is 1.96. The minimum absolute atomic E-state index is 0.195. The van der Waals surface area contributed by atoms with E-state index in [2.05, 4.69) is 24.4 Å². The molecule has 0 spiro atoms. The van der Waals surface area contributed by atoms with Gasteiger partial charge in [-0.15, -0.1) is 0 Å². The van der Waals surface area contributed by atoms with Gasteiger partial charge in [0.05, 0.1) is 12.6 Å². The molecule has 1 N–H and O–H groups in total. The van der Waals surface area contributed by atoms with E-state index in [4.69, 9.17) is 9.47 Å². The lowest BCUT2D eigenvalue weighted by molar-refractivity contribution is 0.0741. The van der Waals surface area contributed by atoms with Crippen molar-refractivity contribution in [3.63, 3.8) is 0 Å². The maximum Gasteiger partial charge on any atom is 0.123 e. The molecule has 1 aliphatic heterocycles. The summed E-state index contributed by atoms with van der Waals surface area (Å²) < 4.78 is 11.6. The van der Waals surface area contributed by atoms with Gasteiger partial charge < -0.3 is 14.8 Å². The third-order valence-corrected chi connectivity index (χ3v) is 3.28. The molecule has 18 heavy (non-hydrogen) atoms. The standard InChI is InChI=1S/C15H23NO2/c1-3-9-16-13(11-17-4-2)15-10-12-7-5-6-8-14(12)18-15/h5-8,13,15-16H,3-4,9-11H2,1-2H3. The van der Waals surface area contributed by atoms with Gasteiger partial charge in [0.15, 0.2) is 0 Å². The Labute approximate surface area is 109 Å². The van der Waals surface area contributed by atoms with E-state index in [1.165, 1.54) is 5.56 Å². The quantitative estimate of drug-likeness (QED) is 0.805. The highest BCUT2D eigenvalue weighted by molar-refractivity contribution is 5.37. The van der Waals surface area contributed by atoms with E-state index in [1.807, 2.05) is 19.1 Å². The van der Waals surface area contributed by atoms with Crippen molar-refractivity contribution in [3.8, 4) is 5.75 Å². The van der Waals surface area contributed by atoms with E-state index < -0.39 is 0 Å². The summed E-state index contributed by atoms with van der Waals surface area (Å²) in [7, 11) is 0. The number of para-hydroxylation sites is 1. The molecule has 100 valence electrons. The Morgan fingerprint density at radius 1 is 1.39 bits per heavy atom. The Hall–Kier alpha value is -1.06. The van der Waals surface area contributed by atoms with Crippen LogP contribution < -0.4 is 10.1 Å². The van der Waals surface area contributed by atoms with Gasteiger partial charge in [0.2, 0.25) is 0 Å². The van der Waals surface area contributed by atoms with Gasteiger partial charge in [-0.05, 0) is 31.5 Å². The molecule has 2 rings (SSSR count). The van der Waals surface area contributed by atoms with E-state index in [0.717, 1.165) is 38.3 Å². The molecular weight excluding hydrogens is 226 g/mol. The Bertz CT molecular complexity index is 334. The van der Waals surface area contributed by atoms with Crippen molar-refractivity contribution < 1.29 is 9.47 Å². The summed E-state index contributed by atoms with van der Waals surface area (Å²) in [5.41, 5.74) is 1.31. The van der Waals surface area contributed by atoms with Crippen molar-refractivity contribution in [1.29, 1.82) is 0 Å². The summed E-state index contributed by atoms with van der Waals surface area (Å²) >= 11 is 0. The Morgan fingerprint density at radius 2 is 2.22 bits per heavy atom. The molecule has 0 saturated carbocycles. The predicted molar refractivity (Wildman–Crippen MR) is 73.1 cm³/mol. The van der Waals surface area contributed by atoms with Crippen molar-refractivity contribution in [2.45, 2.75) is 38.8 Å². The number of ether oxygens (including phenoxy) is 2. The number of nitrogens with one attached hydrogen (secondary N) is 1. The van der Waals surface area contributed by atoms with Gasteiger partial charge >= 0.3 is 0 Å². The van der Waals surface area contributed by atoms with Gasteiger partial charge in [-0.1, -0.05) is 25.1 Å². The van der Waals surface area contributed by atoms with Gasteiger partial charge in [0, 0.05) is 13.0 Å². The second-order valence-electron chi connectivity index (χ2n) is 4.69. The van der Waals surface area contributed by atoms with Crippen LogP contribution in [0.2, 0.25) is 0 Å². The molecule has 2 atom stereocenters. The highest BCUT2D eigenvalue weighted by Gasteiger charge is 2.29. The SMILES string of the molecule is CCCNC(COCC)C1Cc2ccccc2O1. The zero-order valence-corrected chi connectivity index (χ0v) is 11.3. The van der Waals surface area contributed by atoms with Crippen LogP contribution in [0.5, 0.6) is 5.75 Å². The summed E-state index contributed by atoms with van der Waals surface area (Å²) in [4.78, 5) is 0. The summed E-state index contributed by atoms with van der Waals surface area (Å²) in [6.45, 7) is 6.68. The van der Waals surface area contributed by atoms with Crippen LogP contribution in [0.3, 0.4) is 0 Å². The maximum absolute atomic E-state index is 6.02. The van der Waals surface area contributed by atoms with Crippen molar-refractivity contribution in [2.24, 2.45) is 0 Å². The van der Waals surface area contributed by atoms with Crippen LogP contribution in [-0.2, 0) is 11.2 Å². The smallest absolute Gasteiger partial charge is 0.123 e. The minimum atomic E-state index is 0.195. The van der Waals surface area contributed by atoms with Crippen molar-refractivity contribution >= 4 is 0 Å². The molecule has 0 radical (unpaired) electrons. The first-order valence-electron chi connectivity index (χ1n) is 6.90. The zero-order valence-electron chi connectivity index (χ0n) is 11.3. The first-order chi connectivity index (χ1) is 8.85. The molecule has 2 unspecified atom stereocenters. The highest BCUT2D eigenvalue weighted by Crippen LogP contribution is 2.29. The van der Waals surface area contributed by atoms with Crippen LogP contribution in [0.25, 0.3) is 0 Å². The summed E-state index contributed by atoms with van der Waals surface area (Å²) in [6.07, 6.45) is 2.30. The average molecular weight is 249 g/mol. The fraction of sp³-hybridized carbons (Fsp3) is 0.600. The van der Waals surface area contributed by atoms with E-state index in [9.17, 15) is 0 Å². The number of benzene rings is 1. The second-order valence-corrected chi connectivity index (χ2v) is 4.69. The molecule has 3 heteroatoms. The average Bonchev–Trinajstić information content (AvgIpc) is 2.82. The molecule has 0 aliphatic carbocycles. The monoisotopic (exact) mass is 249 g/mol. The fourth-order valence-electron chi connectivity index (χ4n) is 2.31. The van der Waals surface area contributed by atoms with E-state index >= 15 is 0 Å². The minimum Gasteiger partial charge on any atom is -0.488 e. The fourth-order valence-corrected chi connectivity index (χ4v) is 2.31. The second kappa shape index (κ2) is 6.76. The normalized spacial score (nSPS) is 19.3. The van der Waals surface area contributed by atoms with Crippen LogP contribution in [0.15, 0.2) is 24.3 Å². The molecule has 0 amide bonds. The van der Waals surface area contributed by atoms with Crippen molar-refractivity contribution in [3.05, 3.63) is 29.8 Å². The zero-order chi connectivity index (χ0) is 12.8. The van der Waals surface area contributed by atoms with Crippen LogP contribution in [0.4, 0.5) is 0 Å². The first kappa shape index (κ1) is 13.4. The molecule has 0 aromatic heterocycles. The van der Waals surface area contributed by atoms with E-state index in [-0.39, 0.29) is 12.1 Å².